The van der Waals surface area contributed by atoms with E-state index in [0.29, 0.717) is 9.88 Å². The molecule has 5 heteroatoms. The number of thiazole rings is 1. The molecule has 4 nitrogen and oxygen atoms in total. The van der Waals surface area contributed by atoms with E-state index in [9.17, 15) is 9.59 Å². The molecule has 1 heterocycles. The molecule has 0 amide bonds. The fourth-order valence-electron chi connectivity index (χ4n) is 0.789. The van der Waals surface area contributed by atoms with Crippen LogP contribution in [0.4, 0.5) is 0 Å². The Labute approximate surface area is 92.3 Å². The largest absolute Gasteiger partial charge is 0.458 e. The molecule has 0 aliphatic heterocycles. The molecule has 0 spiro atoms. The number of carbonyl (C=O) groups is 2. The molecule has 1 aromatic rings. The molecule has 1 aromatic heterocycles. The lowest BCUT2D eigenvalue weighted by atomic mass is 9.97. The highest BCUT2D eigenvalue weighted by atomic mass is 32.1. The van der Waals surface area contributed by atoms with Crippen LogP contribution in [0.15, 0.2) is 6.20 Å². The summed E-state index contributed by atoms with van der Waals surface area (Å²) in [5.74, 6) is -0.273. The molecule has 0 N–H and O–H groups in total. The summed E-state index contributed by atoms with van der Waals surface area (Å²) in [5, 5.41) is 0.634. The van der Waals surface area contributed by atoms with Crippen molar-refractivity contribution in [2.24, 2.45) is 5.41 Å². The molecule has 1 rings (SSSR count). The van der Waals surface area contributed by atoms with Gasteiger partial charge in [0.15, 0.2) is 6.29 Å². The first kappa shape index (κ1) is 11.8. The van der Waals surface area contributed by atoms with Gasteiger partial charge in [0.2, 0.25) is 0 Å². The summed E-state index contributed by atoms with van der Waals surface area (Å²) < 4.78 is 5.04. The van der Waals surface area contributed by atoms with E-state index in [-0.39, 0.29) is 12.6 Å². The van der Waals surface area contributed by atoms with Gasteiger partial charge in [0.25, 0.3) is 0 Å². The zero-order valence-corrected chi connectivity index (χ0v) is 9.76. The Kier molecular flexibility index (Phi) is 3.57. The van der Waals surface area contributed by atoms with E-state index in [4.69, 9.17) is 4.74 Å². The second-order valence-electron chi connectivity index (χ2n) is 4.10. The summed E-state index contributed by atoms with van der Waals surface area (Å²) in [7, 11) is 0. The summed E-state index contributed by atoms with van der Waals surface area (Å²) in [6, 6.07) is 0. The second kappa shape index (κ2) is 4.53. The third-order valence-corrected chi connectivity index (χ3v) is 2.52. The van der Waals surface area contributed by atoms with Crippen molar-refractivity contribution >= 4 is 23.6 Å². The molecule has 0 aliphatic rings. The zero-order chi connectivity index (χ0) is 11.5. The third-order valence-electron chi connectivity index (χ3n) is 1.63. The molecule has 0 aromatic carbocycles. The number of aromatic nitrogens is 1. The maximum absolute atomic E-state index is 11.4. The lowest BCUT2D eigenvalue weighted by Gasteiger charge is -2.15. The number of hydrogen-bond donors (Lipinski definition) is 0. The molecular weight excluding hydrogens is 214 g/mol. The Hall–Kier alpha value is -1.23. The van der Waals surface area contributed by atoms with Gasteiger partial charge in [-0.3, -0.25) is 9.59 Å². The van der Waals surface area contributed by atoms with E-state index >= 15 is 0 Å². The van der Waals surface area contributed by atoms with E-state index in [0.717, 1.165) is 6.29 Å². The molecule has 0 unspecified atom stereocenters. The van der Waals surface area contributed by atoms with Gasteiger partial charge in [0.1, 0.15) is 11.6 Å². The molecule has 0 saturated heterocycles. The van der Waals surface area contributed by atoms with Crippen molar-refractivity contribution in [2.75, 3.05) is 0 Å². The van der Waals surface area contributed by atoms with Gasteiger partial charge in [-0.1, -0.05) is 0 Å². The van der Waals surface area contributed by atoms with Crippen molar-refractivity contribution in [3.05, 3.63) is 16.1 Å². The number of nitrogens with zero attached hydrogens (tertiary/aromatic N) is 1. The SMILES string of the molecule is CC(C)(C)C(=O)OCc1ncc(C=O)s1. The summed E-state index contributed by atoms with van der Waals surface area (Å²) in [6.45, 7) is 5.49. The highest BCUT2D eigenvalue weighted by Crippen LogP contribution is 2.18. The molecule has 0 aliphatic carbocycles. The van der Waals surface area contributed by atoms with Crippen molar-refractivity contribution in [3.8, 4) is 0 Å². The van der Waals surface area contributed by atoms with Crippen molar-refractivity contribution in [1.82, 2.24) is 4.98 Å². The highest BCUT2D eigenvalue weighted by molar-refractivity contribution is 7.13. The Morgan fingerprint density at radius 1 is 1.60 bits per heavy atom. The van der Waals surface area contributed by atoms with Crippen LogP contribution in [0.5, 0.6) is 0 Å². The number of aldehydes is 1. The molecule has 0 atom stereocenters. The van der Waals surface area contributed by atoms with Crippen LogP contribution in [0.2, 0.25) is 0 Å². The fraction of sp³-hybridized carbons (Fsp3) is 0.500. The number of hydrogen-bond acceptors (Lipinski definition) is 5. The molecule has 0 saturated carbocycles. The molecule has 15 heavy (non-hydrogen) atoms. The summed E-state index contributed by atoms with van der Waals surface area (Å²) in [4.78, 5) is 26.3. The lowest BCUT2D eigenvalue weighted by molar-refractivity contribution is -0.154. The lowest BCUT2D eigenvalue weighted by Crippen LogP contribution is -2.22. The quantitative estimate of drug-likeness (QED) is 0.585. The Morgan fingerprint density at radius 2 is 2.27 bits per heavy atom. The van der Waals surface area contributed by atoms with Crippen LogP contribution in [-0.4, -0.2) is 17.2 Å². The summed E-state index contributed by atoms with van der Waals surface area (Å²) in [6.07, 6.45) is 2.20. The van der Waals surface area contributed by atoms with E-state index in [1.165, 1.54) is 17.5 Å². The average Bonchev–Trinajstić information content (AvgIpc) is 2.60. The van der Waals surface area contributed by atoms with E-state index in [1.54, 1.807) is 20.8 Å². The Bertz CT molecular complexity index is 365. The van der Waals surface area contributed by atoms with Gasteiger partial charge in [-0.25, -0.2) is 4.98 Å². The van der Waals surface area contributed by atoms with Gasteiger partial charge in [-0.05, 0) is 20.8 Å². The smallest absolute Gasteiger partial charge is 0.311 e. The minimum atomic E-state index is -0.509. The van der Waals surface area contributed by atoms with Crippen LogP contribution >= 0.6 is 11.3 Å². The van der Waals surface area contributed by atoms with Crippen LogP contribution in [0.3, 0.4) is 0 Å². The van der Waals surface area contributed by atoms with Crippen LogP contribution < -0.4 is 0 Å². The predicted octanol–water partition coefficient (Wildman–Crippen LogP) is 2.04. The summed E-state index contributed by atoms with van der Waals surface area (Å²) in [5.41, 5.74) is -0.509. The first-order valence-corrected chi connectivity index (χ1v) is 5.32. The van der Waals surface area contributed by atoms with E-state index in [2.05, 4.69) is 4.98 Å². The topological polar surface area (TPSA) is 56.3 Å². The third kappa shape index (κ3) is 3.43. The number of carbonyl (C=O) groups excluding carboxylic acids is 2. The van der Waals surface area contributed by atoms with Crippen LogP contribution in [0, 0.1) is 5.41 Å². The highest BCUT2D eigenvalue weighted by Gasteiger charge is 2.23. The maximum Gasteiger partial charge on any atom is 0.311 e. The van der Waals surface area contributed by atoms with E-state index < -0.39 is 5.41 Å². The Balaban J connectivity index is 2.50. The van der Waals surface area contributed by atoms with Crippen molar-refractivity contribution in [3.63, 3.8) is 0 Å². The van der Waals surface area contributed by atoms with Gasteiger partial charge in [-0.15, -0.1) is 11.3 Å². The zero-order valence-electron chi connectivity index (χ0n) is 8.94. The van der Waals surface area contributed by atoms with Crippen LogP contribution in [0.1, 0.15) is 35.5 Å². The molecule has 82 valence electrons. The average molecular weight is 227 g/mol. The Morgan fingerprint density at radius 3 is 2.73 bits per heavy atom. The van der Waals surface area contributed by atoms with Crippen molar-refractivity contribution in [1.29, 1.82) is 0 Å². The minimum Gasteiger partial charge on any atom is -0.458 e. The van der Waals surface area contributed by atoms with Gasteiger partial charge in [-0.2, -0.15) is 0 Å². The molecule has 0 bridgehead atoms. The van der Waals surface area contributed by atoms with Gasteiger partial charge < -0.3 is 4.74 Å². The standard InChI is InChI=1S/C10H13NO3S/c1-10(2,3)9(13)14-6-8-11-4-7(5-12)15-8/h4-5H,6H2,1-3H3. The maximum atomic E-state index is 11.4. The minimum absolute atomic E-state index is 0.134. The number of esters is 1. The first-order chi connectivity index (χ1) is 6.93. The number of ether oxygens (including phenoxy) is 1. The predicted molar refractivity (Wildman–Crippen MR) is 56.8 cm³/mol. The van der Waals surface area contributed by atoms with Gasteiger partial charge >= 0.3 is 5.97 Å². The van der Waals surface area contributed by atoms with E-state index in [1.807, 2.05) is 0 Å². The monoisotopic (exact) mass is 227 g/mol. The summed E-state index contributed by atoms with van der Waals surface area (Å²) >= 11 is 1.23. The van der Waals surface area contributed by atoms with Gasteiger partial charge in [0, 0.05) is 6.20 Å². The fourth-order valence-corrected chi connectivity index (χ4v) is 1.44. The normalized spacial score (nSPS) is 11.1. The molecule has 0 radical (unpaired) electrons. The van der Waals surface area contributed by atoms with Crippen LogP contribution in [0.25, 0.3) is 0 Å². The second-order valence-corrected chi connectivity index (χ2v) is 5.25. The molecular formula is C10H13NO3S. The first-order valence-electron chi connectivity index (χ1n) is 4.50. The molecule has 0 fully saturated rings. The van der Waals surface area contributed by atoms with Gasteiger partial charge in [0.05, 0.1) is 10.3 Å². The number of rotatable bonds is 3. The van der Waals surface area contributed by atoms with Crippen molar-refractivity contribution in [2.45, 2.75) is 27.4 Å². The van der Waals surface area contributed by atoms with Crippen LogP contribution in [-0.2, 0) is 16.1 Å². The van der Waals surface area contributed by atoms with Crippen molar-refractivity contribution < 1.29 is 14.3 Å².